The maximum Gasteiger partial charge on any atom is 0.191 e. The zero-order valence-electron chi connectivity index (χ0n) is 16.7. The first-order valence-electron chi connectivity index (χ1n) is 9.50. The third kappa shape index (κ3) is 7.70. The smallest absolute Gasteiger partial charge is 0.191 e. The molecule has 1 aromatic rings. The number of hydrogen-bond donors (Lipinski definition) is 2. The summed E-state index contributed by atoms with van der Waals surface area (Å²) in [6.07, 6.45) is 5.26. The van der Waals surface area contributed by atoms with E-state index in [4.69, 9.17) is 0 Å². The molecule has 2 rings (SSSR count). The Morgan fingerprint density at radius 1 is 1.38 bits per heavy atom. The van der Waals surface area contributed by atoms with Crippen LogP contribution in [0.5, 0.6) is 0 Å². The zero-order chi connectivity index (χ0) is 18.1. The van der Waals surface area contributed by atoms with E-state index in [1.807, 2.05) is 18.4 Å². The van der Waals surface area contributed by atoms with Crippen LogP contribution < -0.4 is 10.6 Å². The van der Waals surface area contributed by atoms with E-state index in [0.717, 1.165) is 31.5 Å². The number of rotatable bonds is 8. The Kier molecular flexibility index (Phi) is 11.7. The van der Waals surface area contributed by atoms with E-state index < -0.39 is 0 Å². The molecule has 150 valence electrons. The molecule has 0 amide bonds. The zero-order valence-corrected chi connectivity index (χ0v) is 19.8. The lowest BCUT2D eigenvalue weighted by Crippen LogP contribution is -2.43. The predicted molar refractivity (Wildman–Crippen MR) is 125 cm³/mol. The summed E-state index contributed by atoms with van der Waals surface area (Å²) in [7, 11) is 6.10. The summed E-state index contributed by atoms with van der Waals surface area (Å²) in [5, 5.41) is 9.08. The number of halogens is 1. The first kappa shape index (κ1) is 23.7. The van der Waals surface area contributed by atoms with Crippen LogP contribution in [0.15, 0.2) is 22.5 Å². The molecule has 0 aliphatic carbocycles. The van der Waals surface area contributed by atoms with E-state index in [1.54, 1.807) is 0 Å². The van der Waals surface area contributed by atoms with Gasteiger partial charge in [0.1, 0.15) is 0 Å². The first-order chi connectivity index (χ1) is 12.1. The minimum absolute atomic E-state index is 0. The van der Waals surface area contributed by atoms with Crippen LogP contribution in [0.25, 0.3) is 0 Å². The van der Waals surface area contributed by atoms with Crippen LogP contribution in [0.2, 0.25) is 0 Å². The van der Waals surface area contributed by atoms with Crippen molar-refractivity contribution < 1.29 is 0 Å². The molecule has 2 heterocycles. The van der Waals surface area contributed by atoms with Gasteiger partial charge in [0.2, 0.25) is 0 Å². The third-order valence-corrected chi connectivity index (χ3v) is 6.01. The van der Waals surface area contributed by atoms with Crippen molar-refractivity contribution in [1.82, 2.24) is 20.4 Å². The van der Waals surface area contributed by atoms with Gasteiger partial charge in [-0.3, -0.25) is 4.99 Å². The molecular formula is C19H36IN5S. The summed E-state index contributed by atoms with van der Waals surface area (Å²) in [4.78, 5) is 10.6. The van der Waals surface area contributed by atoms with Gasteiger partial charge in [0.15, 0.2) is 5.96 Å². The fraction of sp³-hybridized carbons (Fsp3) is 0.737. The van der Waals surface area contributed by atoms with Gasteiger partial charge in [-0.1, -0.05) is 12.5 Å². The number of likely N-dealkylation sites (tertiary alicyclic amines) is 1. The summed E-state index contributed by atoms with van der Waals surface area (Å²) in [5.74, 6) is 0.898. The fourth-order valence-corrected chi connectivity index (χ4v) is 4.33. The van der Waals surface area contributed by atoms with E-state index >= 15 is 0 Å². The topological polar surface area (TPSA) is 42.9 Å². The van der Waals surface area contributed by atoms with E-state index in [0.29, 0.717) is 6.04 Å². The van der Waals surface area contributed by atoms with E-state index in [-0.39, 0.29) is 24.0 Å². The Labute approximate surface area is 180 Å². The summed E-state index contributed by atoms with van der Waals surface area (Å²) in [6, 6.07) is 5.43. The monoisotopic (exact) mass is 493 g/mol. The Morgan fingerprint density at radius 2 is 2.19 bits per heavy atom. The fourth-order valence-electron chi connectivity index (χ4n) is 3.41. The van der Waals surface area contributed by atoms with Crippen LogP contribution in [-0.2, 0) is 0 Å². The second kappa shape index (κ2) is 12.9. The normalized spacial score (nSPS) is 19.9. The molecule has 1 aromatic heterocycles. The molecule has 26 heavy (non-hydrogen) atoms. The van der Waals surface area contributed by atoms with Crippen molar-refractivity contribution in [3.63, 3.8) is 0 Å². The summed E-state index contributed by atoms with van der Waals surface area (Å²) in [6.45, 7) is 6.63. The SMILES string of the molecule is CN=C(NCCCN1CCCCC1C)NCC(c1cccs1)N(C)C.I. The average molecular weight is 494 g/mol. The molecule has 1 fully saturated rings. The van der Waals surface area contributed by atoms with Gasteiger partial charge in [-0.15, -0.1) is 35.3 Å². The van der Waals surface area contributed by atoms with Crippen LogP contribution in [0.1, 0.15) is 43.5 Å². The van der Waals surface area contributed by atoms with Crippen LogP contribution in [0, 0.1) is 0 Å². The second-order valence-electron chi connectivity index (χ2n) is 7.11. The number of guanidine groups is 1. The molecule has 1 aliphatic heterocycles. The maximum absolute atomic E-state index is 4.37. The number of thiophene rings is 1. The van der Waals surface area contributed by atoms with Gasteiger partial charge >= 0.3 is 0 Å². The predicted octanol–water partition coefficient (Wildman–Crippen LogP) is 3.40. The largest absolute Gasteiger partial charge is 0.356 e. The van der Waals surface area contributed by atoms with Crippen molar-refractivity contribution in [1.29, 1.82) is 0 Å². The van der Waals surface area contributed by atoms with Gasteiger partial charge in [0.05, 0.1) is 6.04 Å². The quantitative estimate of drug-likeness (QED) is 0.252. The van der Waals surface area contributed by atoms with E-state index in [2.05, 4.69) is 64.0 Å². The Bertz CT molecular complexity index is 506. The molecule has 1 saturated heterocycles. The van der Waals surface area contributed by atoms with E-state index in [1.165, 1.54) is 37.2 Å². The average Bonchev–Trinajstić information content (AvgIpc) is 3.12. The van der Waals surface area contributed by atoms with E-state index in [9.17, 15) is 0 Å². The lowest BCUT2D eigenvalue weighted by molar-refractivity contribution is 0.159. The highest BCUT2D eigenvalue weighted by Crippen LogP contribution is 2.22. The van der Waals surface area contributed by atoms with Gasteiger partial charge in [-0.2, -0.15) is 0 Å². The molecule has 2 N–H and O–H groups in total. The minimum Gasteiger partial charge on any atom is -0.356 e. The molecule has 2 unspecified atom stereocenters. The molecule has 0 radical (unpaired) electrons. The second-order valence-corrected chi connectivity index (χ2v) is 8.09. The van der Waals surface area contributed by atoms with Gasteiger partial charge < -0.3 is 20.4 Å². The maximum atomic E-state index is 4.37. The molecule has 5 nitrogen and oxygen atoms in total. The number of likely N-dealkylation sites (N-methyl/N-ethyl adjacent to an activating group) is 1. The number of nitrogens with zero attached hydrogens (tertiary/aromatic N) is 3. The highest BCUT2D eigenvalue weighted by molar-refractivity contribution is 14.0. The third-order valence-electron chi connectivity index (χ3n) is 5.04. The number of piperidine rings is 1. The summed E-state index contributed by atoms with van der Waals surface area (Å²) >= 11 is 1.81. The Morgan fingerprint density at radius 3 is 2.81 bits per heavy atom. The van der Waals surface area contributed by atoms with Gasteiger partial charge in [0, 0.05) is 37.6 Å². The molecule has 0 aromatic carbocycles. The van der Waals surface area contributed by atoms with Gasteiger partial charge in [-0.25, -0.2) is 0 Å². The van der Waals surface area contributed by atoms with Crippen LogP contribution in [0.3, 0.4) is 0 Å². The Balaban J connectivity index is 0.00000338. The first-order valence-corrected chi connectivity index (χ1v) is 10.4. The molecule has 0 saturated carbocycles. The van der Waals surface area contributed by atoms with Crippen LogP contribution >= 0.6 is 35.3 Å². The lowest BCUT2D eigenvalue weighted by Gasteiger charge is -2.33. The summed E-state index contributed by atoms with van der Waals surface area (Å²) < 4.78 is 0. The van der Waals surface area contributed by atoms with Crippen molar-refractivity contribution in [3.05, 3.63) is 22.4 Å². The molecule has 0 bridgehead atoms. The minimum atomic E-state index is 0. The van der Waals surface area contributed by atoms with Crippen molar-refractivity contribution in [2.75, 3.05) is 47.3 Å². The number of aliphatic imine (C=N–C) groups is 1. The van der Waals surface area contributed by atoms with Crippen LogP contribution in [0.4, 0.5) is 0 Å². The summed E-state index contributed by atoms with van der Waals surface area (Å²) in [5.41, 5.74) is 0. The van der Waals surface area contributed by atoms with Crippen molar-refractivity contribution in [3.8, 4) is 0 Å². The molecule has 0 spiro atoms. The van der Waals surface area contributed by atoms with Crippen molar-refractivity contribution >= 4 is 41.3 Å². The van der Waals surface area contributed by atoms with Crippen LogP contribution in [-0.4, -0.2) is 69.1 Å². The number of nitrogens with one attached hydrogen (secondary N) is 2. The van der Waals surface area contributed by atoms with Gasteiger partial charge in [-0.05, 0) is 58.3 Å². The molecule has 2 atom stereocenters. The highest BCUT2D eigenvalue weighted by atomic mass is 127. The number of hydrogen-bond acceptors (Lipinski definition) is 4. The standard InChI is InChI=1S/C19H35N5S.HI/c1-16-9-5-6-12-24(16)13-8-11-21-19(20-2)22-15-17(23(3)4)18-10-7-14-25-18;/h7,10,14,16-17H,5-6,8-9,11-13,15H2,1-4H3,(H2,20,21,22);1H. The molecule has 1 aliphatic rings. The lowest BCUT2D eigenvalue weighted by atomic mass is 10.0. The highest BCUT2D eigenvalue weighted by Gasteiger charge is 2.17. The van der Waals surface area contributed by atoms with Crippen molar-refractivity contribution in [2.45, 2.75) is 44.7 Å². The molecular weight excluding hydrogens is 457 g/mol. The van der Waals surface area contributed by atoms with Crippen molar-refractivity contribution in [2.24, 2.45) is 4.99 Å². The Hall–Kier alpha value is -0.380. The van der Waals surface area contributed by atoms with Gasteiger partial charge in [0.25, 0.3) is 0 Å². The molecule has 7 heteroatoms.